The summed E-state index contributed by atoms with van der Waals surface area (Å²) in [6, 6.07) is 13.7. The lowest BCUT2D eigenvalue weighted by Crippen LogP contribution is -2.37. The normalized spacial score (nSPS) is 20.0. The number of nitrogens with zero attached hydrogens (tertiary/aromatic N) is 6. The molecule has 2 fully saturated rings. The summed E-state index contributed by atoms with van der Waals surface area (Å²) in [4.78, 5) is 23.4. The van der Waals surface area contributed by atoms with Crippen LogP contribution in [0.3, 0.4) is 0 Å². The number of piperidine rings is 1. The summed E-state index contributed by atoms with van der Waals surface area (Å²) in [5.74, 6) is 1.23. The average Bonchev–Trinajstić information content (AvgIpc) is 3.36. The Hall–Kier alpha value is -3.76. The van der Waals surface area contributed by atoms with Gasteiger partial charge in [-0.3, -0.25) is 4.98 Å². The van der Waals surface area contributed by atoms with Gasteiger partial charge < -0.3 is 19.4 Å². The van der Waals surface area contributed by atoms with Gasteiger partial charge in [-0.1, -0.05) is 36.4 Å². The zero-order chi connectivity index (χ0) is 26.9. The Morgan fingerprint density at radius 3 is 2.67 bits per heavy atom. The van der Waals surface area contributed by atoms with Gasteiger partial charge in [0, 0.05) is 42.4 Å². The lowest BCUT2D eigenvalue weighted by Gasteiger charge is -2.32. The van der Waals surface area contributed by atoms with Gasteiger partial charge in [0.2, 0.25) is 6.54 Å². The molecule has 0 radical (unpaired) electrons. The van der Waals surface area contributed by atoms with E-state index in [1.54, 1.807) is 0 Å². The molecule has 2 saturated heterocycles. The van der Waals surface area contributed by atoms with Crippen molar-refractivity contribution in [1.82, 2.24) is 19.9 Å². The number of aryl methyl sites for hydroxylation is 2. The number of ether oxygens (including phenoxy) is 1. The third-order valence-corrected chi connectivity index (χ3v) is 8.55. The summed E-state index contributed by atoms with van der Waals surface area (Å²) in [5, 5.41) is 3.38. The first-order valence-corrected chi connectivity index (χ1v) is 14.1. The molecule has 2 aromatic heterocycles. The van der Waals surface area contributed by atoms with Crippen LogP contribution in [0.4, 0.5) is 5.82 Å². The van der Waals surface area contributed by atoms with Crippen molar-refractivity contribution < 1.29 is 4.74 Å². The van der Waals surface area contributed by atoms with Gasteiger partial charge in [-0.25, -0.2) is 6.57 Å². The van der Waals surface area contributed by atoms with E-state index in [9.17, 15) is 0 Å². The van der Waals surface area contributed by atoms with Crippen LogP contribution < -0.4 is 9.64 Å². The van der Waals surface area contributed by atoms with Gasteiger partial charge in [-0.05, 0) is 69.5 Å². The van der Waals surface area contributed by atoms with Gasteiger partial charge in [-0.15, -0.1) is 0 Å². The highest BCUT2D eigenvalue weighted by Gasteiger charge is 2.27. The minimum atomic E-state index is 0.352. The minimum Gasteiger partial charge on any atom is -0.462 e. The van der Waals surface area contributed by atoms with E-state index in [4.69, 9.17) is 26.3 Å². The van der Waals surface area contributed by atoms with Crippen molar-refractivity contribution in [3.8, 4) is 17.3 Å². The van der Waals surface area contributed by atoms with E-state index >= 15 is 0 Å². The molecule has 4 aromatic rings. The van der Waals surface area contributed by atoms with Gasteiger partial charge in [0.1, 0.15) is 12.4 Å². The van der Waals surface area contributed by atoms with Crippen molar-refractivity contribution in [2.24, 2.45) is 5.92 Å². The maximum Gasteiger partial charge on any atom is 0.319 e. The zero-order valence-corrected chi connectivity index (χ0v) is 23.2. The maximum atomic E-state index is 7.38. The van der Waals surface area contributed by atoms with Crippen molar-refractivity contribution in [2.45, 2.75) is 45.6 Å². The molecule has 0 unspecified atom stereocenters. The number of pyridine rings is 1. The molecule has 0 spiro atoms. The molecule has 4 heterocycles. The molecule has 0 N–H and O–H groups in total. The fourth-order valence-electron chi connectivity index (χ4n) is 6.38. The number of hydrogen-bond acceptors (Lipinski definition) is 6. The van der Waals surface area contributed by atoms with E-state index in [0.29, 0.717) is 31.1 Å². The minimum absolute atomic E-state index is 0.352. The molecule has 39 heavy (non-hydrogen) atoms. The standard InChI is InChI=1S/C32H36N6O/c1-21-9-5-11-24-12-6-14-26(28(21)24)29-22(2)30-27(18-34-29)31(38-16-7-10-23(19-38)17-33-3)36-32(35-30)39-20-25-13-8-15-37(25)4/h5-6,9,11-12,14,18,23,25H,7-8,10,13,15-17,19-20H2,1-2,4H3/t23-,25-/m0/s1. The fraction of sp³-hybridized carbons (Fsp3) is 0.438. The zero-order valence-electron chi connectivity index (χ0n) is 23.2. The quantitative estimate of drug-likeness (QED) is 0.288. The smallest absolute Gasteiger partial charge is 0.319 e. The largest absolute Gasteiger partial charge is 0.462 e. The summed E-state index contributed by atoms with van der Waals surface area (Å²) in [5.41, 5.74) is 5.21. The van der Waals surface area contributed by atoms with Gasteiger partial charge in [0.25, 0.3) is 0 Å². The first-order chi connectivity index (χ1) is 19.0. The predicted octanol–water partition coefficient (Wildman–Crippen LogP) is 6.07. The van der Waals surface area contributed by atoms with Crippen LogP contribution in [0.15, 0.2) is 42.6 Å². The molecule has 0 bridgehead atoms. The van der Waals surface area contributed by atoms with Gasteiger partial charge in [-0.2, -0.15) is 9.97 Å². The third-order valence-electron chi connectivity index (χ3n) is 8.55. The number of fused-ring (bicyclic) bond motifs is 2. The molecule has 2 aliphatic rings. The predicted molar refractivity (Wildman–Crippen MR) is 157 cm³/mol. The van der Waals surface area contributed by atoms with Crippen LogP contribution in [-0.2, 0) is 0 Å². The second-order valence-corrected chi connectivity index (χ2v) is 11.2. The Kier molecular flexibility index (Phi) is 7.05. The lowest BCUT2D eigenvalue weighted by atomic mass is 9.95. The molecule has 7 nitrogen and oxygen atoms in total. The number of likely N-dealkylation sites (tertiary alicyclic amines) is 1. The van der Waals surface area contributed by atoms with Crippen molar-refractivity contribution >= 4 is 27.5 Å². The SMILES string of the molecule is [C-]#[N+]C[C@@H]1CCCN(c2nc(OC[C@@H]3CCCN3C)nc3c(C)c(-c4cccc5cccc(C)c45)ncc23)C1. The van der Waals surface area contributed by atoms with E-state index in [0.717, 1.165) is 72.4 Å². The highest BCUT2D eigenvalue weighted by Crippen LogP contribution is 2.37. The number of hydrogen-bond donors (Lipinski definition) is 0. The monoisotopic (exact) mass is 520 g/mol. The first kappa shape index (κ1) is 25.5. The molecule has 0 amide bonds. The topological polar surface area (TPSA) is 58.7 Å². The van der Waals surface area contributed by atoms with Crippen LogP contribution >= 0.6 is 0 Å². The van der Waals surface area contributed by atoms with E-state index < -0.39 is 0 Å². The highest BCUT2D eigenvalue weighted by molar-refractivity contribution is 6.01. The van der Waals surface area contributed by atoms with Crippen molar-refractivity contribution in [3.63, 3.8) is 0 Å². The second-order valence-electron chi connectivity index (χ2n) is 11.2. The summed E-state index contributed by atoms with van der Waals surface area (Å²) in [6.45, 7) is 15.6. The van der Waals surface area contributed by atoms with E-state index in [1.807, 2.05) is 6.20 Å². The second kappa shape index (κ2) is 10.8. The number of likely N-dealkylation sites (N-methyl/N-ethyl adjacent to an activating group) is 1. The van der Waals surface area contributed by atoms with Gasteiger partial charge in [0.15, 0.2) is 0 Å². The molecule has 2 aliphatic heterocycles. The van der Waals surface area contributed by atoms with Crippen LogP contribution in [0, 0.1) is 26.3 Å². The fourth-order valence-corrected chi connectivity index (χ4v) is 6.38. The molecule has 2 atom stereocenters. The van der Waals surface area contributed by atoms with E-state index in [-0.39, 0.29) is 0 Å². The Morgan fingerprint density at radius 2 is 1.87 bits per heavy atom. The molecule has 200 valence electrons. The van der Waals surface area contributed by atoms with Crippen molar-refractivity contribution in [1.29, 1.82) is 0 Å². The van der Waals surface area contributed by atoms with Crippen LogP contribution in [0.25, 0.3) is 37.8 Å². The Bertz CT molecular complexity index is 1560. The van der Waals surface area contributed by atoms with Crippen molar-refractivity contribution in [2.75, 3.05) is 44.7 Å². The summed E-state index contributed by atoms with van der Waals surface area (Å²) in [6.07, 6.45) is 6.41. The van der Waals surface area contributed by atoms with Crippen molar-refractivity contribution in [3.05, 3.63) is 65.1 Å². The Labute approximate surface area is 230 Å². The van der Waals surface area contributed by atoms with E-state index in [1.165, 1.54) is 22.8 Å². The van der Waals surface area contributed by atoms with E-state index in [2.05, 4.69) is 71.9 Å². The molecule has 2 aromatic carbocycles. The summed E-state index contributed by atoms with van der Waals surface area (Å²) in [7, 11) is 2.16. The van der Waals surface area contributed by atoms with Crippen LogP contribution in [0.2, 0.25) is 0 Å². The number of aromatic nitrogens is 3. The molecular formula is C32H36N6O. The number of rotatable bonds is 6. The maximum absolute atomic E-state index is 7.38. The van der Waals surface area contributed by atoms with Crippen LogP contribution in [0.5, 0.6) is 6.01 Å². The molecule has 0 aliphatic carbocycles. The number of anilines is 1. The molecular weight excluding hydrogens is 484 g/mol. The van der Waals surface area contributed by atoms with Crippen LogP contribution in [0.1, 0.15) is 36.8 Å². The van der Waals surface area contributed by atoms with Gasteiger partial charge in [0.05, 0.1) is 16.6 Å². The van der Waals surface area contributed by atoms with Gasteiger partial charge >= 0.3 is 6.01 Å². The lowest BCUT2D eigenvalue weighted by molar-refractivity contribution is 0.188. The Balaban J connectivity index is 1.47. The molecule has 6 rings (SSSR count). The van der Waals surface area contributed by atoms with Crippen LogP contribution in [-0.4, -0.2) is 65.7 Å². The Morgan fingerprint density at radius 1 is 1.05 bits per heavy atom. The molecule has 0 saturated carbocycles. The number of benzene rings is 2. The molecule has 7 heteroatoms. The summed E-state index contributed by atoms with van der Waals surface area (Å²) >= 11 is 0. The summed E-state index contributed by atoms with van der Waals surface area (Å²) < 4.78 is 6.30. The highest BCUT2D eigenvalue weighted by atomic mass is 16.5. The average molecular weight is 521 g/mol. The first-order valence-electron chi connectivity index (χ1n) is 14.1. The third kappa shape index (κ3) is 4.90.